The van der Waals surface area contributed by atoms with Gasteiger partial charge in [-0.25, -0.2) is 0 Å². The van der Waals surface area contributed by atoms with Crippen molar-refractivity contribution in [3.05, 3.63) is 0 Å². The molecule has 0 aliphatic heterocycles. The molecule has 4 N–H and O–H groups in total. The molecule has 0 aromatic carbocycles. The molecule has 0 rings (SSSR count). The van der Waals surface area contributed by atoms with Crippen molar-refractivity contribution in [1.82, 2.24) is 0 Å². The topological polar surface area (TPSA) is 66.5 Å². The Hall–Kier alpha value is 0.235. The molecular formula is C4H13BClNO2. The normalized spacial score (nSPS) is 8.33. The van der Waals surface area contributed by atoms with Gasteiger partial charge in [0.25, 0.3) is 0 Å². The maximum absolute atomic E-state index is 8.29. The van der Waals surface area contributed by atoms with Crippen LogP contribution in [0.4, 0.5) is 0 Å². The SMILES string of the molecule is Cl.NCCCCB(O)O. The Morgan fingerprint density at radius 3 is 2.11 bits per heavy atom. The average Bonchev–Trinajstić information content (AvgIpc) is 1.66. The van der Waals surface area contributed by atoms with Crippen molar-refractivity contribution in [3.63, 3.8) is 0 Å². The monoisotopic (exact) mass is 153 g/mol. The first-order valence-electron chi connectivity index (χ1n) is 2.83. The molecule has 0 saturated carbocycles. The van der Waals surface area contributed by atoms with Crippen molar-refractivity contribution in [1.29, 1.82) is 0 Å². The van der Waals surface area contributed by atoms with Crippen LogP contribution in [0.3, 0.4) is 0 Å². The predicted octanol–water partition coefficient (Wildman–Crippen LogP) is -0.380. The van der Waals surface area contributed by atoms with Crippen LogP contribution in [-0.2, 0) is 0 Å². The molecule has 0 saturated heterocycles. The molecule has 0 atom stereocenters. The first-order valence-corrected chi connectivity index (χ1v) is 2.83. The van der Waals surface area contributed by atoms with Gasteiger partial charge < -0.3 is 15.8 Å². The van der Waals surface area contributed by atoms with E-state index >= 15 is 0 Å². The van der Waals surface area contributed by atoms with E-state index in [2.05, 4.69) is 0 Å². The largest absolute Gasteiger partial charge is 0.451 e. The van der Waals surface area contributed by atoms with Crippen molar-refractivity contribution in [2.45, 2.75) is 19.2 Å². The smallest absolute Gasteiger partial charge is 0.427 e. The van der Waals surface area contributed by atoms with Crippen LogP contribution in [0.25, 0.3) is 0 Å². The molecular weight excluding hydrogens is 140 g/mol. The zero-order valence-electron chi connectivity index (χ0n) is 5.29. The lowest BCUT2D eigenvalue weighted by Crippen LogP contribution is -2.10. The van der Waals surface area contributed by atoms with E-state index in [1.807, 2.05) is 0 Å². The van der Waals surface area contributed by atoms with Crippen LogP contribution < -0.4 is 5.73 Å². The van der Waals surface area contributed by atoms with Gasteiger partial charge in [0.1, 0.15) is 0 Å². The Morgan fingerprint density at radius 1 is 1.22 bits per heavy atom. The van der Waals surface area contributed by atoms with Gasteiger partial charge in [-0.05, 0) is 19.3 Å². The fourth-order valence-corrected chi connectivity index (χ4v) is 0.471. The summed E-state index contributed by atoms with van der Waals surface area (Å²) in [5.74, 6) is 0. The quantitative estimate of drug-likeness (QED) is 0.381. The molecule has 3 nitrogen and oxygen atoms in total. The third-order valence-corrected chi connectivity index (χ3v) is 0.916. The summed E-state index contributed by atoms with van der Waals surface area (Å²) < 4.78 is 0. The van der Waals surface area contributed by atoms with Crippen LogP contribution in [0.1, 0.15) is 12.8 Å². The second-order valence-corrected chi connectivity index (χ2v) is 1.77. The van der Waals surface area contributed by atoms with Crippen LogP contribution >= 0.6 is 12.4 Å². The highest BCUT2D eigenvalue weighted by Crippen LogP contribution is 1.94. The van der Waals surface area contributed by atoms with E-state index in [1.165, 1.54) is 0 Å². The molecule has 0 aliphatic rings. The lowest BCUT2D eigenvalue weighted by molar-refractivity contribution is 0.402. The number of hydrogen-bond donors (Lipinski definition) is 3. The van der Waals surface area contributed by atoms with Crippen LogP contribution in [0.2, 0.25) is 6.32 Å². The van der Waals surface area contributed by atoms with Crippen molar-refractivity contribution in [2.24, 2.45) is 5.73 Å². The lowest BCUT2D eigenvalue weighted by Gasteiger charge is -1.94. The summed E-state index contributed by atoms with van der Waals surface area (Å²) in [4.78, 5) is 0. The number of halogens is 1. The van der Waals surface area contributed by atoms with E-state index in [0.29, 0.717) is 12.9 Å². The second-order valence-electron chi connectivity index (χ2n) is 1.77. The minimum absolute atomic E-state index is 0. The molecule has 0 radical (unpaired) electrons. The Morgan fingerprint density at radius 2 is 1.78 bits per heavy atom. The fraction of sp³-hybridized carbons (Fsp3) is 1.00. The molecule has 0 amide bonds. The second kappa shape index (κ2) is 8.23. The zero-order valence-corrected chi connectivity index (χ0v) is 6.10. The number of unbranched alkanes of at least 4 members (excludes halogenated alkanes) is 1. The summed E-state index contributed by atoms with van der Waals surface area (Å²) in [5, 5.41) is 16.6. The molecule has 0 heterocycles. The zero-order chi connectivity index (χ0) is 6.41. The van der Waals surface area contributed by atoms with Gasteiger partial charge in [0, 0.05) is 0 Å². The minimum Gasteiger partial charge on any atom is -0.427 e. The summed E-state index contributed by atoms with van der Waals surface area (Å²) >= 11 is 0. The molecule has 0 fully saturated rings. The molecule has 0 aliphatic carbocycles. The molecule has 0 bridgehead atoms. The van der Waals surface area contributed by atoms with Crippen LogP contribution in [0.15, 0.2) is 0 Å². The third-order valence-electron chi connectivity index (χ3n) is 0.916. The van der Waals surface area contributed by atoms with Crippen molar-refractivity contribution in [3.8, 4) is 0 Å². The van der Waals surface area contributed by atoms with Gasteiger partial charge >= 0.3 is 7.12 Å². The van der Waals surface area contributed by atoms with Crippen molar-refractivity contribution >= 4 is 19.5 Å². The summed E-state index contributed by atoms with van der Waals surface area (Å²) in [6.07, 6.45) is 2.11. The van der Waals surface area contributed by atoms with E-state index in [0.717, 1.165) is 12.8 Å². The lowest BCUT2D eigenvalue weighted by atomic mass is 9.84. The summed E-state index contributed by atoms with van der Waals surface area (Å²) in [7, 11) is -1.15. The average molecular weight is 153 g/mol. The van der Waals surface area contributed by atoms with Crippen molar-refractivity contribution in [2.75, 3.05) is 6.54 Å². The van der Waals surface area contributed by atoms with Crippen LogP contribution in [-0.4, -0.2) is 23.7 Å². The van der Waals surface area contributed by atoms with Gasteiger partial charge in [-0.2, -0.15) is 0 Å². The fourth-order valence-electron chi connectivity index (χ4n) is 0.471. The van der Waals surface area contributed by atoms with Crippen molar-refractivity contribution < 1.29 is 10.0 Å². The van der Waals surface area contributed by atoms with Gasteiger partial charge in [0.2, 0.25) is 0 Å². The Balaban J connectivity index is 0. The van der Waals surface area contributed by atoms with Gasteiger partial charge in [-0.1, -0.05) is 6.42 Å². The molecule has 5 heteroatoms. The van der Waals surface area contributed by atoms with E-state index < -0.39 is 7.12 Å². The highest BCUT2D eigenvalue weighted by molar-refractivity contribution is 6.40. The van der Waals surface area contributed by atoms with E-state index in [-0.39, 0.29) is 12.4 Å². The molecule has 56 valence electrons. The van der Waals surface area contributed by atoms with E-state index in [1.54, 1.807) is 0 Å². The molecule has 0 aromatic rings. The van der Waals surface area contributed by atoms with Gasteiger partial charge in [-0.15, -0.1) is 12.4 Å². The molecule has 0 spiro atoms. The number of nitrogens with two attached hydrogens (primary N) is 1. The Bertz CT molecular complexity index is 55.8. The first kappa shape index (κ1) is 12.0. The summed E-state index contributed by atoms with van der Waals surface area (Å²) in [6, 6.07) is 0. The third kappa shape index (κ3) is 11.7. The van der Waals surface area contributed by atoms with Gasteiger partial charge in [-0.3, -0.25) is 0 Å². The number of hydrogen-bond acceptors (Lipinski definition) is 3. The predicted molar refractivity (Wildman–Crippen MR) is 40.5 cm³/mol. The van der Waals surface area contributed by atoms with Gasteiger partial charge in [0.15, 0.2) is 0 Å². The molecule has 0 aromatic heterocycles. The summed E-state index contributed by atoms with van der Waals surface area (Å²) in [5.41, 5.74) is 5.15. The standard InChI is InChI=1S/C4H12BNO2.ClH/c6-4-2-1-3-5(7)8;/h7-8H,1-4,6H2;1H. The first-order chi connectivity index (χ1) is 3.77. The van der Waals surface area contributed by atoms with E-state index in [4.69, 9.17) is 15.8 Å². The summed E-state index contributed by atoms with van der Waals surface area (Å²) in [6.45, 7) is 0.632. The van der Waals surface area contributed by atoms with Crippen LogP contribution in [0.5, 0.6) is 0 Å². The van der Waals surface area contributed by atoms with E-state index in [9.17, 15) is 0 Å². The Kier molecular flexibility index (Phi) is 10.9. The highest BCUT2D eigenvalue weighted by Gasteiger charge is 2.03. The number of rotatable bonds is 4. The Labute approximate surface area is 61.8 Å². The molecule has 9 heavy (non-hydrogen) atoms. The minimum atomic E-state index is -1.15. The maximum atomic E-state index is 8.29. The highest BCUT2D eigenvalue weighted by atomic mass is 35.5. The maximum Gasteiger partial charge on any atom is 0.451 e. The van der Waals surface area contributed by atoms with Crippen LogP contribution in [0, 0.1) is 0 Å². The van der Waals surface area contributed by atoms with Gasteiger partial charge in [0.05, 0.1) is 0 Å². The molecule has 0 unspecified atom stereocenters.